The number of carbonyl (C=O) groups is 1. The molecule has 4 heteroatoms. The van der Waals surface area contributed by atoms with Gasteiger partial charge in [0.15, 0.2) is 0 Å². The van der Waals surface area contributed by atoms with Gasteiger partial charge >= 0.3 is 0 Å². The number of amides is 1. The molecule has 1 aliphatic rings. The van der Waals surface area contributed by atoms with Crippen molar-refractivity contribution in [1.82, 2.24) is 4.90 Å². The van der Waals surface area contributed by atoms with Crippen LogP contribution in [0.4, 0.5) is 0 Å². The van der Waals surface area contributed by atoms with Gasteiger partial charge in [-0.2, -0.15) is 0 Å². The van der Waals surface area contributed by atoms with Gasteiger partial charge in [-0.1, -0.05) is 6.07 Å². The van der Waals surface area contributed by atoms with Crippen LogP contribution in [-0.2, 0) is 4.74 Å². The largest absolute Gasteiger partial charge is 0.497 e. The average molecular weight is 277 g/mol. The molecule has 0 atom stereocenters. The summed E-state index contributed by atoms with van der Waals surface area (Å²) < 4.78 is 10.5. The van der Waals surface area contributed by atoms with Crippen LogP contribution in [0.2, 0.25) is 0 Å². The van der Waals surface area contributed by atoms with E-state index >= 15 is 0 Å². The summed E-state index contributed by atoms with van der Waals surface area (Å²) in [6.07, 6.45) is 3.28. The number of carbonyl (C=O) groups excluding carboxylic acids is 1. The number of ether oxygens (including phenoxy) is 2. The minimum atomic E-state index is 0.0518. The number of rotatable bonds is 5. The molecular formula is C16H23NO3. The van der Waals surface area contributed by atoms with Crippen molar-refractivity contribution in [3.05, 3.63) is 29.8 Å². The Morgan fingerprint density at radius 3 is 2.85 bits per heavy atom. The molecule has 110 valence electrons. The van der Waals surface area contributed by atoms with Crippen LogP contribution in [0.3, 0.4) is 0 Å². The summed E-state index contributed by atoms with van der Waals surface area (Å²) in [5.41, 5.74) is 0.679. The molecule has 0 N–H and O–H groups in total. The Bertz CT molecular complexity index is 441. The van der Waals surface area contributed by atoms with E-state index in [1.54, 1.807) is 18.1 Å². The summed E-state index contributed by atoms with van der Waals surface area (Å²) in [6, 6.07) is 7.31. The summed E-state index contributed by atoms with van der Waals surface area (Å²) in [4.78, 5) is 14.1. The Morgan fingerprint density at radius 1 is 1.40 bits per heavy atom. The first-order chi connectivity index (χ1) is 9.70. The van der Waals surface area contributed by atoms with Gasteiger partial charge in [-0.05, 0) is 43.4 Å². The van der Waals surface area contributed by atoms with Gasteiger partial charge in [0, 0.05) is 32.4 Å². The van der Waals surface area contributed by atoms with Crippen molar-refractivity contribution in [1.29, 1.82) is 0 Å². The van der Waals surface area contributed by atoms with E-state index in [1.165, 1.54) is 0 Å². The summed E-state index contributed by atoms with van der Waals surface area (Å²) >= 11 is 0. The highest BCUT2D eigenvalue weighted by Crippen LogP contribution is 2.19. The summed E-state index contributed by atoms with van der Waals surface area (Å²) in [6.45, 7) is 2.51. The average Bonchev–Trinajstić information content (AvgIpc) is 2.53. The smallest absolute Gasteiger partial charge is 0.253 e. The molecule has 1 fully saturated rings. The number of hydrogen-bond donors (Lipinski definition) is 0. The molecule has 0 aromatic heterocycles. The van der Waals surface area contributed by atoms with Crippen LogP contribution in [0, 0.1) is 5.92 Å². The van der Waals surface area contributed by atoms with Crippen molar-refractivity contribution in [3.8, 4) is 5.75 Å². The maximum atomic E-state index is 12.3. The zero-order valence-corrected chi connectivity index (χ0v) is 12.3. The first-order valence-electron chi connectivity index (χ1n) is 7.18. The summed E-state index contributed by atoms with van der Waals surface area (Å²) in [5, 5.41) is 0. The Kier molecular flexibility index (Phi) is 5.41. The quantitative estimate of drug-likeness (QED) is 0.830. The molecule has 2 rings (SSSR count). The second-order valence-electron chi connectivity index (χ2n) is 5.30. The van der Waals surface area contributed by atoms with Crippen molar-refractivity contribution in [2.45, 2.75) is 19.3 Å². The lowest BCUT2D eigenvalue weighted by Gasteiger charge is -2.25. The van der Waals surface area contributed by atoms with Crippen molar-refractivity contribution in [2.24, 2.45) is 5.92 Å². The molecule has 0 unspecified atom stereocenters. The van der Waals surface area contributed by atoms with Crippen molar-refractivity contribution in [2.75, 3.05) is 33.9 Å². The Labute approximate surface area is 120 Å². The highest BCUT2D eigenvalue weighted by molar-refractivity contribution is 5.94. The number of hydrogen-bond acceptors (Lipinski definition) is 3. The molecule has 20 heavy (non-hydrogen) atoms. The van der Waals surface area contributed by atoms with Crippen molar-refractivity contribution in [3.63, 3.8) is 0 Å². The highest BCUT2D eigenvalue weighted by Gasteiger charge is 2.17. The van der Waals surface area contributed by atoms with Crippen LogP contribution in [-0.4, -0.2) is 44.7 Å². The summed E-state index contributed by atoms with van der Waals surface area (Å²) in [7, 11) is 3.47. The van der Waals surface area contributed by atoms with Crippen LogP contribution in [0.25, 0.3) is 0 Å². The van der Waals surface area contributed by atoms with Gasteiger partial charge in [-0.15, -0.1) is 0 Å². The summed E-state index contributed by atoms with van der Waals surface area (Å²) in [5.74, 6) is 1.45. The molecular weight excluding hydrogens is 254 g/mol. The molecule has 4 nitrogen and oxygen atoms in total. The fourth-order valence-electron chi connectivity index (χ4n) is 2.49. The molecule has 1 aromatic rings. The SMILES string of the molecule is COc1cccc(C(=O)N(C)CCC2CCOCC2)c1. The lowest BCUT2D eigenvalue weighted by molar-refractivity contribution is 0.0583. The van der Waals surface area contributed by atoms with Crippen LogP contribution < -0.4 is 4.74 Å². The standard InChI is InChI=1S/C16H23NO3/c1-17(9-6-13-7-10-20-11-8-13)16(18)14-4-3-5-15(12-14)19-2/h3-5,12-13H,6-11H2,1-2H3. The third-order valence-corrected chi connectivity index (χ3v) is 3.88. The van der Waals surface area contributed by atoms with E-state index in [1.807, 2.05) is 25.2 Å². The normalized spacial score (nSPS) is 15.9. The second-order valence-corrected chi connectivity index (χ2v) is 5.30. The fourth-order valence-corrected chi connectivity index (χ4v) is 2.49. The lowest BCUT2D eigenvalue weighted by Crippen LogP contribution is -2.30. The Balaban J connectivity index is 1.87. The van der Waals surface area contributed by atoms with E-state index in [0.717, 1.165) is 39.0 Å². The van der Waals surface area contributed by atoms with Gasteiger partial charge in [0.2, 0.25) is 0 Å². The van der Waals surface area contributed by atoms with E-state index in [9.17, 15) is 4.79 Å². The first kappa shape index (κ1) is 14.9. The highest BCUT2D eigenvalue weighted by atomic mass is 16.5. The van der Waals surface area contributed by atoms with E-state index in [-0.39, 0.29) is 5.91 Å². The minimum Gasteiger partial charge on any atom is -0.497 e. The maximum absolute atomic E-state index is 12.3. The van der Waals surface area contributed by atoms with E-state index in [2.05, 4.69) is 0 Å². The van der Waals surface area contributed by atoms with E-state index < -0.39 is 0 Å². The van der Waals surface area contributed by atoms with Gasteiger partial charge in [-0.25, -0.2) is 0 Å². The number of nitrogens with zero attached hydrogens (tertiary/aromatic N) is 1. The van der Waals surface area contributed by atoms with Gasteiger partial charge in [0.25, 0.3) is 5.91 Å². The monoisotopic (exact) mass is 277 g/mol. The molecule has 0 radical (unpaired) electrons. The third kappa shape index (κ3) is 3.97. The van der Waals surface area contributed by atoms with E-state index in [4.69, 9.17) is 9.47 Å². The molecule has 1 aromatic carbocycles. The molecule has 0 spiro atoms. The zero-order chi connectivity index (χ0) is 14.4. The number of methoxy groups -OCH3 is 1. The van der Waals surface area contributed by atoms with Crippen LogP contribution >= 0.6 is 0 Å². The first-order valence-corrected chi connectivity index (χ1v) is 7.18. The molecule has 1 heterocycles. The van der Waals surface area contributed by atoms with Crippen LogP contribution in [0.1, 0.15) is 29.6 Å². The fraction of sp³-hybridized carbons (Fsp3) is 0.562. The van der Waals surface area contributed by atoms with E-state index in [0.29, 0.717) is 17.2 Å². The van der Waals surface area contributed by atoms with Gasteiger partial charge in [0.1, 0.15) is 5.75 Å². The zero-order valence-electron chi connectivity index (χ0n) is 12.3. The minimum absolute atomic E-state index is 0.0518. The maximum Gasteiger partial charge on any atom is 0.253 e. The van der Waals surface area contributed by atoms with Gasteiger partial charge in [-0.3, -0.25) is 4.79 Å². The molecule has 0 aliphatic carbocycles. The molecule has 1 amide bonds. The number of benzene rings is 1. The second kappa shape index (κ2) is 7.29. The third-order valence-electron chi connectivity index (χ3n) is 3.88. The lowest BCUT2D eigenvalue weighted by atomic mass is 9.96. The van der Waals surface area contributed by atoms with Crippen LogP contribution in [0.15, 0.2) is 24.3 Å². The Hall–Kier alpha value is -1.55. The predicted octanol–water partition coefficient (Wildman–Crippen LogP) is 2.58. The molecule has 0 bridgehead atoms. The van der Waals surface area contributed by atoms with Crippen molar-refractivity contribution < 1.29 is 14.3 Å². The van der Waals surface area contributed by atoms with Gasteiger partial charge < -0.3 is 14.4 Å². The topological polar surface area (TPSA) is 38.8 Å². The molecule has 1 aliphatic heterocycles. The van der Waals surface area contributed by atoms with Crippen molar-refractivity contribution >= 4 is 5.91 Å². The molecule has 1 saturated heterocycles. The predicted molar refractivity (Wildman–Crippen MR) is 78.1 cm³/mol. The van der Waals surface area contributed by atoms with Gasteiger partial charge in [0.05, 0.1) is 7.11 Å². The Morgan fingerprint density at radius 2 is 2.15 bits per heavy atom. The molecule has 0 saturated carbocycles. The van der Waals surface area contributed by atoms with Crippen LogP contribution in [0.5, 0.6) is 5.75 Å².